The molecular weight excluding hydrogens is 279 g/mol. The number of aliphatic hydroxyl groups is 1. The van der Waals surface area contributed by atoms with E-state index >= 15 is 0 Å². The van der Waals surface area contributed by atoms with Crippen LogP contribution in [0.4, 0.5) is 13.2 Å². The minimum Gasteiger partial charge on any atom is -0.395 e. The summed E-state index contributed by atoms with van der Waals surface area (Å²) in [7, 11) is 0. The molecule has 1 amide bonds. The maximum atomic E-state index is 12.4. The van der Waals surface area contributed by atoms with E-state index in [-0.39, 0.29) is 11.7 Å². The molecule has 0 bridgehead atoms. The van der Waals surface area contributed by atoms with Crippen LogP contribution in [0.15, 0.2) is 6.20 Å². The molecule has 1 aliphatic rings. The van der Waals surface area contributed by atoms with Gasteiger partial charge in [-0.25, -0.2) is 4.68 Å². The Morgan fingerprint density at radius 2 is 2.25 bits per heavy atom. The molecule has 0 aliphatic carbocycles. The number of nitrogens with one attached hydrogen (secondary N) is 1. The van der Waals surface area contributed by atoms with Gasteiger partial charge in [0.15, 0.2) is 5.69 Å². The number of hydrogen-bond acceptors (Lipinski definition) is 5. The molecule has 1 aliphatic heterocycles. The Kier molecular flexibility index (Phi) is 4.23. The molecular formula is C10H14F3N5O2. The molecule has 1 aromatic heterocycles. The second-order valence-corrected chi connectivity index (χ2v) is 4.46. The van der Waals surface area contributed by atoms with Gasteiger partial charge in [-0.15, -0.1) is 5.10 Å². The van der Waals surface area contributed by atoms with E-state index in [1.54, 1.807) is 0 Å². The minimum absolute atomic E-state index is 0.0676. The standard InChI is InChI=1S/C10H14F3N5O2/c11-10(12,13)6-17(1-2-19)9(20)8-5-18(16-15-8)7-3-14-4-7/h5,7,14,19H,1-4,6H2. The molecule has 2 rings (SSSR count). The van der Waals surface area contributed by atoms with Crippen molar-refractivity contribution < 1.29 is 23.1 Å². The highest BCUT2D eigenvalue weighted by Crippen LogP contribution is 2.18. The van der Waals surface area contributed by atoms with E-state index in [1.165, 1.54) is 10.9 Å². The van der Waals surface area contributed by atoms with Crippen molar-refractivity contribution in [2.45, 2.75) is 12.2 Å². The Morgan fingerprint density at radius 3 is 2.75 bits per heavy atom. The lowest BCUT2D eigenvalue weighted by atomic mass is 10.2. The fraction of sp³-hybridized carbons (Fsp3) is 0.700. The van der Waals surface area contributed by atoms with E-state index in [9.17, 15) is 18.0 Å². The summed E-state index contributed by atoms with van der Waals surface area (Å²) in [5, 5.41) is 19.1. The van der Waals surface area contributed by atoms with Crippen molar-refractivity contribution >= 4 is 5.91 Å². The van der Waals surface area contributed by atoms with Gasteiger partial charge in [-0.2, -0.15) is 13.2 Å². The summed E-state index contributed by atoms with van der Waals surface area (Å²) in [6.45, 7) is -1.03. The molecule has 0 aromatic carbocycles. The van der Waals surface area contributed by atoms with Crippen molar-refractivity contribution in [3.05, 3.63) is 11.9 Å². The second-order valence-electron chi connectivity index (χ2n) is 4.46. The number of carbonyl (C=O) groups is 1. The van der Waals surface area contributed by atoms with Gasteiger partial charge in [-0.05, 0) is 0 Å². The van der Waals surface area contributed by atoms with E-state index < -0.39 is 31.8 Å². The van der Waals surface area contributed by atoms with Gasteiger partial charge in [0.25, 0.3) is 5.91 Å². The van der Waals surface area contributed by atoms with Crippen LogP contribution in [0.25, 0.3) is 0 Å². The van der Waals surface area contributed by atoms with Crippen molar-refractivity contribution in [3.63, 3.8) is 0 Å². The van der Waals surface area contributed by atoms with Gasteiger partial charge in [0.05, 0.1) is 18.8 Å². The highest BCUT2D eigenvalue weighted by molar-refractivity contribution is 5.92. The van der Waals surface area contributed by atoms with Crippen LogP contribution >= 0.6 is 0 Å². The van der Waals surface area contributed by atoms with Crippen LogP contribution in [0.5, 0.6) is 0 Å². The third-order valence-corrected chi connectivity index (χ3v) is 2.89. The predicted octanol–water partition coefficient (Wildman–Crippen LogP) is -0.581. The van der Waals surface area contributed by atoms with E-state index in [4.69, 9.17) is 5.11 Å². The molecule has 1 fully saturated rings. The van der Waals surface area contributed by atoms with Crippen LogP contribution in [0.2, 0.25) is 0 Å². The quantitative estimate of drug-likeness (QED) is 0.759. The molecule has 7 nitrogen and oxygen atoms in total. The lowest BCUT2D eigenvalue weighted by molar-refractivity contribution is -0.141. The Hall–Kier alpha value is -1.68. The molecule has 10 heteroatoms. The molecule has 20 heavy (non-hydrogen) atoms. The van der Waals surface area contributed by atoms with E-state index in [2.05, 4.69) is 15.6 Å². The molecule has 0 spiro atoms. The number of alkyl halides is 3. The lowest BCUT2D eigenvalue weighted by Gasteiger charge is -2.26. The number of aromatic nitrogens is 3. The lowest BCUT2D eigenvalue weighted by Crippen LogP contribution is -2.43. The zero-order valence-electron chi connectivity index (χ0n) is 10.5. The van der Waals surface area contributed by atoms with Gasteiger partial charge >= 0.3 is 6.18 Å². The number of carbonyl (C=O) groups excluding carboxylic acids is 1. The fourth-order valence-electron chi connectivity index (χ4n) is 1.77. The van der Waals surface area contributed by atoms with Gasteiger partial charge in [0, 0.05) is 19.6 Å². The predicted molar refractivity (Wildman–Crippen MR) is 61.0 cm³/mol. The Morgan fingerprint density at radius 1 is 1.55 bits per heavy atom. The summed E-state index contributed by atoms with van der Waals surface area (Å²) >= 11 is 0. The smallest absolute Gasteiger partial charge is 0.395 e. The van der Waals surface area contributed by atoms with Crippen LogP contribution in [0, 0.1) is 0 Å². The van der Waals surface area contributed by atoms with Crippen LogP contribution in [0.1, 0.15) is 16.5 Å². The van der Waals surface area contributed by atoms with Crippen molar-refractivity contribution in [1.82, 2.24) is 25.2 Å². The minimum atomic E-state index is -4.53. The van der Waals surface area contributed by atoms with Crippen molar-refractivity contribution in [1.29, 1.82) is 0 Å². The number of hydrogen-bond donors (Lipinski definition) is 2. The van der Waals surface area contributed by atoms with Crippen LogP contribution in [-0.2, 0) is 0 Å². The molecule has 0 unspecified atom stereocenters. The molecule has 0 atom stereocenters. The zero-order chi connectivity index (χ0) is 14.8. The SMILES string of the molecule is O=C(c1cn(C2CNC2)nn1)N(CCO)CC(F)(F)F. The topological polar surface area (TPSA) is 83.3 Å². The Labute approximate surface area is 112 Å². The zero-order valence-corrected chi connectivity index (χ0v) is 10.5. The van der Waals surface area contributed by atoms with Gasteiger partial charge in [0.1, 0.15) is 6.54 Å². The normalized spacial score (nSPS) is 16.0. The van der Waals surface area contributed by atoms with Gasteiger partial charge in [-0.1, -0.05) is 5.21 Å². The summed E-state index contributed by atoms with van der Waals surface area (Å²) < 4.78 is 38.6. The van der Waals surface area contributed by atoms with Gasteiger partial charge < -0.3 is 15.3 Å². The molecule has 1 saturated heterocycles. The number of rotatable bonds is 5. The first-order valence-electron chi connectivity index (χ1n) is 6.00. The maximum Gasteiger partial charge on any atom is 0.406 e. The summed E-state index contributed by atoms with van der Waals surface area (Å²) in [5.74, 6) is -0.894. The first kappa shape index (κ1) is 14.7. The Bertz CT molecular complexity index is 472. The van der Waals surface area contributed by atoms with Gasteiger partial charge in [-0.3, -0.25) is 4.79 Å². The number of halogens is 3. The third kappa shape index (κ3) is 3.45. The van der Waals surface area contributed by atoms with Crippen LogP contribution in [0.3, 0.4) is 0 Å². The molecule has 1 aromatic rings. The first-order chi connectivity index (χ1) is 9.40. The molecule has 112 valence electrons. The summed E-state index contributed by atoms with van der Waals surface area (Å²) in [6.07, 6.45) is -3.20. The molecule has 0 saturated carbocycles. The number of aliphatic hydroxyl groups excluding tert-OH is 1. The molecule has 2 heterocycles. The molecule has 0 radical (unpaired) electrons. The fourth-order valence-corrected chi connectivity index (χ4v) is 1.77. The van der Waals surface area contributed by atoms with Crippen LogP contribution in [-0.4, -0.2) is 69.9 Å². The average Bonchev–Trinajstić information content (AvgIpc) is 2.72. The summed E-state index contributed by atoms with van der Waals surface area (Å²) in [5.41, 5.74) is -0.158. The maximum absolute atomic E-state index is 12.4. The van der Waals surface area contributed by atoms with E-state index in [1.807, 2.05) is 0 Å². The second kappa shape index (κ2) is 5.75. The Balaban J connectivity index is 2.07. The van der Waals surface area contributed by atoms with Crippen molar-refractivity contribution in [3.8, 4) is 0 Å². The first-order valence-corrected chi connectivity index (χ1v) is 6.00. The van der Waals surface area contributed by atoms with E-state index in [0.29, 0.717) is 18.0 Å². The largest absolute Gasteiger partial charge is 0.406 e. The number of amides is 1. The molecule has 2 N–H and O–H groups in total. The van der Waals surface area contributed by atoms with Crippen LogP contribution < -0.4 is 5.32 Å². The summed E-state index contributed by atoms with van der Waals surface area (Å²) in [4.78, 5) is 12.4. The average molecular weight is 293 g/mol. The monoisotopic (exact) mass is 293 g/mol. The highest BCUT2D eigenvalue weighted by atomic mass is 19.4. The van der Waals surface area contributed by atoms with E-state index in [0.717, 1.165) is 0 Å². The highest BCUT2D eigenvalue weighted by Gasteiger charge is 2.34. The summed E-state index contributed by atoms with van der Waals surface area (Å²) in [6, 6.07) is 0.0676. The van der Waals surface area contributed by atoms with Crippen molar-refractivity contribution in [2.24, 2.45) is 0 Å². The van der Waals surface area contributed by atoms with Crippen molar-refractivity contribution in [2.75, 3.05) is 32.8 Å². The number of nitrogens with zero attached hydrogens (tertiary/aromatic N) is 4. The van der Waals surface area contributed by atoms with Gasteiger partial charge in [0.2, 0.25) is 0 Å². The third-order valence-electron chi connectivity index (χ3n) is 2.89.